The fourth-order valence-corrected chi connectivity index (χ4v) is 2.81. The molecule has 0 aromatic heterocycles. The van der Waals surface area contributed by atoms with Gasteiger partial charge in [-0.3, -0.25) is 4.79 Å². The summed E-state index contributed by atoms with van der Waals surface area (Å²) < 4.78 is 15.1. The molecule has 2 nitrogen and oxygen atoms in total. The maximum atomic E-state index is 13.6. The van der Waals surface area contributed by atoms with E-state index in [0.717, 1.165) is 14.5 Å². The number of carbonyl (C=O) groups is 1. The highest BCUT2D eigenvalue weighted by Crippen LogP contribution is 2.31. The molecule has 0 saturated heterocycles. The summed E-state index contributed by atoms with van der Waals surface area (Å²) in [5, 5.41) is 2.69. The Kier molecular flexibility index (Phi) is 4.37. The van der Waals surface area contributed by atoms with Crippen LogP contribution in [0.25, 0.3) is 0 Å². The first-order chi connectivity index (χ1) is 8.99. The maximum Gasteiger partial charge on any atom is 0.258 e. The average molecular weight is 387 g/mol. The first-order valence-corrected chi connectivity index (χ1v) is 7.09. The van der Waals surface area contributed by atoms with Gasteiger partial charge in [-0.15, -0.1) is 0 Å². The molecule has 0 aliphatic rings. The van der Waals surface area contributed by atoms with E-state index in [-0.39, 0.29) is 5.56 Å². The van der Waals surface area contributed by atoms with Crippen molar-refractivity contribution in [3.05, 3.63) is 62.3 Å². The summed E-state index contributed by atoms with van der Waals surface area (Å²) in [5.41, 5.74) is 1.44. The normalized spacial score (nSPS) is 10.3. The summed E-state index contributed by atoms with van der Waals surface area (Å²) in [6, 6.07) is 9.87. The summed E-state index contributed by atoms with van der Waals surface area (Å²) in [6.45, 7) is 1.81. The SMILES string of the molecule is Cc1ccc(F)c(C(=O)Nc2c(Br)cccc2Br)c1. The number of aryl methyl sites for hydroxylation is 1. The van der Waals surface area contributed by atoms with Crippen LogP contribution in [0.1, 0.15) is 15.9 Å². The zero-order valence-electron chi connectivity index (χ0n) is 10.0. The van der Waals surface area contributed by atoms with Crippen molar-refractivity contribution in [2.75, 3.05) is 5.32 Å². The topological polar surface area (TPSA) is 29.1 Å². The molecular formula is C14H10Br2FNO. The molecule has 2 aromatic carbocycles. The van der Waals surface area contributed by atoms with E-state index in [9.17, 15) is 9.18 Å². The number of hydrogen-bond donors (Lipinski definition) is 1. The maximum absolute atomic E-state index is 13.6. The van der Waals surface area contributed by atoms with Gasteiger partial charge in [0.15, 0.2) is 0 Å². The molecule has 0 bridgehead atoms. The molecule has 0 spiro atoms. The molecule has 5 heteroatoms. The zero-order valence-corrected chi connectivity index (χ0v) is 13.2. The molecular weight excluding hydrogens is 377 g/mol. The molecule has 0 aliphatic heterocycles. The van der Waals surface area contributed by atoms with Gasteiger partial charge in [0.05, 0.1) is 11.3 Å². The minimum Gasteiger partial charge on any atom is -0.320 e. The van der Waals surface area contributed by atoms with Gasteiger partial charge in [-0.2, -0.15) is 0 Å². The third kappa shape index (κ3) is 3.22. The lowest BCUT2D eigenvalue weighted by Gasteiger charge is -2.10. The van der Waals surface area contributed by atoms with E-state index in [1.165, 1.54) is 12.1 Å². The molecule has 1 amide bonds. The molecule has 19 heavy (non-hydrogen) atoms. The summed E-state index contributed by atoms with van der Waals surface area (Å²) in [6.07, 6.45) is 0. The van der Waals surface area contributed by atoms with E-state index in [2.05, 4.69) is 37.2 Å². The molecule has 0 radical (unpaired) electrons. The molecule has 2 aromatic rings. The predicted molar refractivity (Wildman–Crippen MR) is 80.9 cm³/mol. The second-order valence-electron chi connectivity index (χ2n) is 4.03. The van der Waals surface area contributed by atoms with Gasteiger partial charge in [-0.25, -0.2) is 4.39 Å². The van der Waals surface area contributed by atoms with Crippen LogP contribution in [0.3, 0.4) is 0 Å². The van der Waals surface area contributed by atoms with Crippen LogP contribution in [-0.4, -0.2) is 5.91 Å². The van der Waals surface area contributed by atoms with Crippen molar-refractivity contribution in [1.82, 2.24) is 0 Å². The first-order valence-electron chi connectivity index (χ1n) is 5.50. The Balaban J connectivity index is 2.34. The lowest BCUT2D eigenvalue weighted by Crippen LogP contribution is -2.14. The Morgan fingerprint density at radius 1 is 1.16 bits per heavy atom. The Morgan fingerprint density at radius 3 is 2.42 bits per heavy atom. The summed E-state index contributed by atoms with van der Waals surface area (Å²) in [4.78, 5) is 12.1. The number of para-hydroxylation sites is 1. The van der Waals surface area contributed by atoms with E-state index >= 15 is 0 Å². The third-order valence-corrected chi connectivity index (χ3v) is 3.89. The van der Waals surface area contributed by atoms with Crippen molar-refractivity contribution < 1.29 is 9.18 Å². The molecule has 98 valence electrons. The number of rotatable bonds is 2. The second kappa shape index (κ2) is 5.84. The molecule has 0 unspecified atom stereocenters. The van der Waals surface area contributed by atoms with Gasteiger partial charge < -0.3 is 5.32 Å². The highest BCUT2D eigenvalue weighted by molar-refractivity contribution is 9.11. The minimum atomic E-state index is -0.536. The highest BCUT2D eigenvalue weighted by atomic mass is 79.9. The number of nitrogens with one attached hydrogen (secondary N) is 1. The van der Waals surface area contributed by atoms with Gasteiger partial charge in [0, 0.05) is 8.95 Å². The third-order valence-electron chi connectivity index (χ3n) is 2.57. The van der Waals surface area contributed by atoms with E-state index in [1.807, 2.05) is 13.0 Å². The largest absolute Gasteiger partial charge is 0.320 e. The zero-order chi connectivity index (χ0) is 14.0. The van der Waals surface area contributed by atoms with Gasteiger partial charge in [0.1, 0.15) is 5.82 Å². The van der Waals surface area contributed by atoms with Crippen molar-refractivity contribution in [3.8, 4) is 0 Å². The lowest BCUT2D eigenvalue weighted by atomic mass is 10.1. The monoisotopic (exact) mass is 385 g/mol. The van der Waals surface area contributed by atoms with Crippen LogP contribution in [0.15, 0.2) is 45.3 Å². The standard InChI is InChI=1S/C14H10Br2FNO/c1-8-5-6-12(17)9(7-8)14(19)18-13-10(15)3-2-4-11(13)16/h2-7H,1H3,(H,18,19). The molecule has 0 fully saturated rings. The first kappa shape index (κ1) is 14.2. The molecule has 0 saturated carbocycles. The fraction of sp³-hybridized carbons (Fsp3) is 0.0714. The Hall–Kier alpha value is -1.20. The van der Waals surface area contributed by atoms with Crippen LogP contribution in [0.2, 0.25) is 0 Å². The molecule has 0 aliphatic carbocycles. The Bertz CT molecular complexity index is 623. The Morgan fingerprint density at radius 2 is 1.79 bits per heavy atom. The molecule has 2 rings (SSSR count). The van der Waals surface area contributed by atoms with Crippen LogP contribution in [0, 0.1) is 12.7 Å². The van der Waals surface area contributed by atoms with Crippen LogP contribution < -0.4 is 5.32 Å². The summed E-state index contributed by atoms with van der Waals surface area (Å²) in [5.74, 6) is -1.01. The number of benzene rings is 2. The van der Waals surface area contributed by atoms with Crippen LogP contribution in [0.4, 0.5) is 10.1 Å². The number of halogens is 3. The Labute approximate surface area is 127 Å². The summed E-state index contributed by atoms with van der Waals surface area (Å²) >= 11 is 6.69. The van der Waals surface area contributed by atoms with Gasteiger partial charge in [0.25, 0.3) is 5.91 Å². The van der Waals surface area contributed by atoms with E-state index in [1.54, 1.807) is 18.2 Å². The molecule has 0 atom stereocenters. The predicted octanol–water partition coefficient (Wildman–Crippen LogP) is 4.91. The van der Waals surface area contributed by atoms with Crippen LogP contribution in [0.5, 0.6) is 0 Å². The quantitative estimate of drug-likeness (QED) is 0.780. The molecule has 0 heterocycles. The molecule has 1 N–H and O–H groups in total. The summed E-state index contributed by atoms with van der Waals surface area (Å²) in [7, 11) is 0. The number of hydrogen-bond acceptors (Lipinski definition) is 1. The lowest BCUT2D eigenvalue weighted by molar-refractivity contribution is 0.102. The van der Waals surface area contributed by atoms with Crippen molar-refractivity contribution in [2.45, 2.75) is 6.92 Å². The van der Waals surface area contributed by atoms with Crippen LogP contribution in [-0.2, 0) is 0 Å². The highest BCUT2D eigenvalue weighted by Gasteiger charge is 2.14. The van der Waals surface area contributed by atoms with E-state index in [4.69, 9.17) is 0 Å². The van der Waals surface area contributed by atoms with Gasteiger partial charge in [0.2, 0.25) is 0 Å². The minimum absolute atomic E-state index is 0.0302. The van der Waals surface area contributed by atoms with E-state index < -0.39 is 11.7 Å². The number of amides is 1. The van der Waals surface area contributed by atoms with Gasteiger partial charge >= 0.3 is 0 Å². The smallest absolute Gasteiger partial charge is 0.258 e. The van der Waals surface area contributed by atoms with Crippen molar-refractivity contribution >= 4 is 43.5 Å². The van der Waals surface area contributed by atoms with E-state index in [0.29, 0.717) is 5.69 Å². The number of anilines is 1. The van der Waals surface area contributed by atoms with Crippen LogP contribution >= 0.6 is 31.9 Å². The van der Waals surface area contributed by atoms with Crippen molar-refractivity contribution in [1.29, 1.82) is 0 Å². The van der Waals surface area contributed by atoms with Crippen molar-refractivity contribution in [2.24, 2.45) is 0 Å². The van der Waals surface area contributed by atoms with Gasteiger partial charge in [-0.1, -0.05) is 17.7 Å². The number of carbonyl (C=O) groups excluding carboxylic acids is 1. The van der Waals surface area contributed by atoms with Gasteiger partial charge in [-0.05, 0) is 63.0 Å². The second-order valence-corrected chi connectivity index (χ2v) is 5.74. The average Bonchev–Trinajstić information content (AvgIpc) is 2.37. The van der Waals surface area contributed by atoms with Crippen molar-refractivity contribution in [3.63, 3.8) is 0 Å². The fourth-order valence-electron chi connectivity index (χ4n) is 1.61.